The molecule has 9 heteroatoms. The molecule has 63 heavy (non-hydrogen) atoms. The molecule has 0 bridgehead atoms. The van der Waals surface area contributed by atoms with E-state index in [4.69, 9.17) is 29.4 Å². The third-order valence-corrected chi connectivity index (χ3v) is 12.2. The molecule has 2 aliphatic rings. The second kappa shape index (κ2) is 14.0. The maximum atomic E-state index is 6.60. The van der Waals surface area contributed by atoms with Crippen LogP contribution in [0.3, 0.4) is 0 Å². The summed E-state index contributed by atoms with van der Waals surface area (Å²) in [4.78, 5) is 20.1. The van der Waals surface area contributed by atoms with Crippen molar-refractivity contribution in [3.63, 3.8) is 0 Å². The number of nitrogens with zero attached hydrogens (tertiary/aromatic N) is 6. The highest BCUT2D eigenvalue weighted by molar-refractivity contribution is 6.98. The van der Waals surface area contributed by atoms with Crippen LogP contribution in [0.5, 0.6) is 23.0 Å². The zero-order valence-electron chi connectivity index (χ0n) is 33.6. The highest BCUT2D eigenvalue weighted by atomic mass is 16.5. The van der Waals surface area contributed by atoms with Gasteiger partial charge >= 0.3 is 0 Å². The lowest BCUT2D eigenvalue weighted by Crippen LogP contribution is -2.57. The van der Waals surface area contributed by atoms with E-state index in [1.54, 1.807) is 0 Å². The molecule has 0 atom stereocenters. The van der Waals surface area contributed by atoms with Gasteiger partial charge in [0.15, 0.2) is 11.6 Å². The Labute approximate surface area is 362 Å². The average molecular weight is 809 g/mol. The van der Waals surface area contributed by atoms with Gasteiger partial charge < -0.3 is 9.47 Å². The van der Waals surface area contributed by atoms with Crippen LogP contribution in [0.1, 0.15) is 0 Å². The number of imidazole rings is 2. The van der Waals surface area contributed by atoms with Gasteiger partial charge in [-0.2, -0.15) is 0 Å². The van der Waals surface area contributed by atoms with E-state index in [0.717, 1.165) is 118 Å². The number of rotatable bonds is 6. The number of pyridine rings is 2. The molecule has 0 N–H and O–H groups in total. The quantitative estimate of drug-likeness (QED) is 0.156. The molecule has 0 radical (unpaired) electrons. The first-order chi connectivity index (χ1) is 31.2. The number of aromatic nitrogens is 6. The van der Waals surface area contributed by atoms with Crippen molar-refractivity contribution in [1.29, 1.82) is 0 Å². The summed E-state index contributed by atoms with van der Waals surface area (Å²) in [5, 5.41) is 0. The summed E-state index contributed by atoms with van der Waals surface area (Å²) in [5.74, 6) is 4.83. The number of fused-ring (bicyclic) bond motifs is 6. The topological polar surface area (TPSA) is 79.9 Å². The second-order valence-electron chi connectivity index (χ2n) is 15.9. The van der Waals surface area contributed by atoms with Crippen molar-refractivity contribution in [2.45, 2.75) is 0 Å². The minimum atomic E-state index is -0.125. The summed E-state index contributed by atoms with van der Waals surface area (Å²) < 4.78 is 17.5. The van der Waals surface area contributed by atoms with E-state index in [1.807, 2.05) is 103 Å². The minimum Gasteiger partial charge on any atom is -0.458 e. The fourth-order valence-electron chi connectivity index (χ4n) is 9.26. The van der Waals surface area contributed by atoms with Crippen LogP contribution in [-0.2, 0) is 0 Å². The van der Waals surface area contributed by atoms with Gasteiger partial charge in [0.1, 0.15) is 34.4 Å². The molecule has 4 aromatic heterocycles. The Kier molecular flexibility index (Phi) is 7.83. The predicted molar refractivity (Wildman–Crippen MR) is 251 cm³/mol. The van der Waals surface area contributed by atoms with E-state index in [-0.39, 0.29) is 6.71 Å². The van der Waals surface area contributed by atoms with Crippen molar-refractivity contribution in [2.75, 3.05) is 0 Å². The first kappa shape index (κ1) is 35.2. The van der Waals surface area contributed by atoms with Gasteiger partial charge in [-0.3, -0.25) is 19.1 Å². The van der Waals surface area contributed by atoms with Crippen molar-refractivity contribution in [3.8, 4) is 79.7 Å². The molecular weight excluding hydrogens is 775 g/mol. The second-order valence-corrected chi connectivity index (χ2v) is 15.9. The molecule has 0 aliphatic carbocycles. The van der Waals surface area contributed by atoms with Crippen molar-refractivity contribution in [3.05, 3.63) is 200 Å². The summed E-state index contributed by atoms with van der Waals surface area (Å²) in [7, 11) is 0. The monoisotopic (exact) mass is 808 g/mol. The molecule has 0 spiro atoms. The van der Waals surface area contributed by atoms with Crippen LogP contribution in [0, 0.1) is 0 Å². The molecule has 0 unspecified atom stereocenters. The summed E-state index contributed by atoms with van der Waals surface area (Å²) in [6.45, 7) is -0.125. The van der Waals surface area contributed by atoms with Crippen molar-refractivity contribution in [1.82, 2.24) is 29.1 Å². The van der Waals surface area contributed by atoms with Gasteiger partial charge in [0.25, 0.3) is 6.71 Å². The maximum Gasteiger partial charge on any atom is 0.260 e. The van der Waals surface area contributed by atoms with Crippen LogP contribution in [-0.4, -0.2) is 35.8 Å². The van der Waals surface area contributed by atoms with Gasteiger partial charge in [0, 0.05) is 40.4 Å². The lowest BCUT2D eigenvalue weighted by molar-refractivity contribution is 0.464. The van der Waals surface area contributed by atoms with E-state index >= 15 is 0 Å². The van der Waals surface area contributed by atoms with Gasteiger partial charge in [0.05, 0.1) is 22.1 Å². The van der Waals surface area contributed by atoms with E-state index < -0.39 is 0 Å². The van der Waals surface area contributed by atoms with E-state index in [0.29, 0.717) is 0 Å². The van der Waals surface area contributed by atoms with E-state index in [1.165, 1.54) is 0 Å². The van der Waals surface area contributed by atoms with Crippen LogP contribution in [0.25, 0.3) is 78.7 Å². The fourth-order valence-corrected chi connectivity index (χ4v) is 9.26. The van der Waals surface area contributed by atoms with Gasteiger partial charge in [-0.1, -0.05) is 103 Å². The van der Waals surface area contributed by atoms with Crippen LogP contribution >= 0.6 is 0 Å². The molecular formula is C54H33BN6O2. The molecule has 13 rings (SSSR count). The molecule has 7 aromatic carbocycles. The number of para-hydroxylation sites is 6. The Bertz CT molecular complexity index is 3340. The Morgan fingerprint density at radius 1 is 0.381 bits per heavy atom. The van der Waals surface area contributed by atoms with E-state index in [9.17, 15) is 0 Å². The predicted octanol–water partition coefficient (Wildman–Crippen LogP) is 10.5. The average Bonchev–Trinajstić information content (AvgIpc) is 3.94. The van der Waals surface area contributed by atoms with Crippen molar-refractivity contribution in [2.24, 2.45) is 0 Å². The third kappa shape index (κ3) is 5.71. The summed E-state index contributed by atoms with van der Waals surface area (Å²) in [5.41, 5.74) is 14.8. The standard InChI is InChI=1S/C54H33BN6O2/c1-3-12-38(13-4-1)60-46-18-9-7-16-42(46)58-53(60)44-26-22-36(32-56-44)34-24-28-48-40(30-34)55-41-31-35(25-29-49(41)63-51-21-11-20-50(62-48)52(51)55)37-23-27-45(57-33-37)54-59-43-17-8-10-19-47(43)61(54)39-14-5-2-6-15-39/h1-33H. The number of benzene rings is 7. The largest absolute Gasteiger partial charge is 0.458 e. The maximum absolute atomic E-state index is 6.60. The van der Waals surface area contributed by atoms with Gasteiger partial charge in [-0.05, 0) is 107 Å². The van der Waals surface area contributed by atoms with Gasteiger partial charge in [-0.15, -0.1) is 0 Å². The minimum absolute atomic E-state index is 0.125. The van der Waals surface area contributed by atoms with Crippen LogP contribution in [0.15, 0.2) is 200 Å². The summed E-state index contributed by atoms with van der Waals surface area (Å²) >= 11 is 0. The Morgan fingerprint density at radius 3 is 1.29 bits per heavy atom. The van der Waals surface area contributed by atoms with Gasteiger partial charge in [0.2, 0.25) is 0 Å². The Balaban J connectivity index is 0.870. The summed E-state index contributed by atoms with van der Waals surface area (Å²) in [6, 6.07) is 64.3. The smallest absolute Gasteiger partial charge is 0.260 e. The fraction of sp³-hybridized carbons (Fsp3) is 0. The lowest BCUT2D eigenvalue weighted by atomic mass is 9.34. The first-order valence-electron chi connectivity index (χ1n) is 21.0. The molecule has 0 fully saturated rings. The van der Waals surface area contributed by atoms with Crippen LogP contribution in [0.4, 0.5) is 0 Å². The summed E-state index contributed by atoms with van der Waals surface area (Å²) in [6.07, 6.45) is 3.88. The van der Waals surface area contributed by atoms with Crippen LogP contribution < -0.4 is 25.9 Å². The molecule has 8 nitrogen and oxygen atoms in total. The first-order valence-corrected chi connectivity index (χ1v) is 21.0. The number of hydrogen-bond acceptors (Lipinski definition) is 6. The zero-order chi connectivity index (χ0) is 41.4. The highest BCUT2D eigenvalue weighted by Crippen LogP contribution is 2.37. The highest BCUT2D eigenvalue weighted by Gasteiger charge is 2.40. The Morgan fingerprint density at radius 2 is 0.825 bits per heavy atom. The SMILES string of the molecule is c1ccc(-n2c(-c3ccc(-c4ccc5c(c4)B4c6cc(-c7ccc(-c8nc9ccccc9n8-c8ccccc8)nc7)ccc6Oc6cccc(c64)O5)cn3)nc3ccccc32)cc1. The molecule has 2 aliphatic heterocycles. The van der Waals surface area contributed by atoms with Crippen molar-refractivity contribution >= 4 is 45.2 Å². The Hall–Kier alpha value is -8.56. The molecule has 0 saturated carbocycles. The molecule has 0 saturated heterocycles. The number of ether oxygens (including phenoxy) is 2. The molecule has 0 amide bonds. The van der Waals surface area contributed by atoms with Crippen molar-refractivity contribution < 1.29 is 9.47 Å². The molecule has 6 heterocycles. The van der Waals surface area contributed by atoms with E-state index in [2.05, 4.69) is 106 Å². The molecule has 11 aromatic rings. The lowest BCUT2D eigenvalue weighted by Gasteiger charge is -2.33. The number of hydrogen-bond donors (Lipinski definition) is 0. The zero-order valence-corrected chi connectivity index (χ0v) is 33.6. The van der Waals surface area contributed by atoms with Crippen LogP contribution in [0.2, 0.25) is 0 Å². The van der Waals surface area contributed by atoms with Gasteiger partial charge in [-0.25, -0.2) is 9.97 Å². The third-order valence-electron chi connectivity index (χ3n) is 12.2. The molecule has 294 valence electrons. The normalized spacial score (nSPS) is 12.3.